The highest BCUT2D eigenvalue weighted by Gasteiger charge is 2.07. The molecule has 0 bridgehead atoms. The lowest BCUT2D eigenvalue weighted by Gasteiger charge is -2.12. The van der Waals surface area contributed by atoms with E-state index in [1.54, 1.807) is 6.07 Å². The fourth-order valence-corrected chi connectivity index (χ4v) is 2.38. The summed E-state index contributed by atoms with van der Waals surface area (Å²) >= 11 is 9.41. The molecule has 0 amide bonds. The second kappa shape index (κ2) is 5.74. The highest BCUT2D eigenvalue weighted by Crippen LogP contribution is 2.33. The number of hydrogen-bond donors (Lipinski definition) is 1. The summed E-state index contributed by atoms with van der Waals surface area (Å²) < 4.78 is 6.77. The predicted octanol–water partition coefficient (Wildman–Crippen LogP) is 4.66. The van der Waals surface area contributed by atoms with Crippen LogP contribution in [0.5, 0.6) is 11.5 Å². The quantitative estimate of drug-likeness (QED) is 0.890. The van der Waals surface area contributed by atoms with E-state index >= 15 is 0 Å². The van der Waals surface area contributed by atoms with Crippen molar-refractivity contribution in [1.82, 2.24) is 0 Å². The largest absolute Gasteiger partial charge is 0.456 e. The van der Waals surface area contributed by atoms with Gasteiger partial charge < -0.3 is 10.5 Å². The van der Waals surface area contributed by atoms with E-state index in [1.807, 2.05) is 37.3 Å². The maximum absolute atomic E-state index is 5.93. The van der Waals surface area contributed by atoms with Gasteiger partial charge in [-0.3, -0.25) is 0 Å². The topological polar surface area (TPSA) is 35.2 Å². The predicted molar refractivity (Wildman–Crippen MR) is 78.3 cm³/mol. The summed E-state index contributed by atoms with van der Waals surface area (Å²) in [7, 11) is 0. The third-order valence-electron chi connectivity index (χ3n) is 2.55. The average molecular weight is 327 g/mol. The van der Waals surface area contributed by atoms with E-state index in [2.05, 4.69) is 15.9 Å². The lowest BCUT2D eigenvalue weighted by molar-refractivity contribution is 0.473. The normalized spacial score (nSPS) is 10.4. The molecule has 0 aliphatic rings. The van der Waals surface area contributed by atoms with Crippen molar-refractivity contribution in [3.63, 3.8) is 0 Å². The van der Waals surface area contributed by atoms with E-state index in [4.69, 9.17) is 22.1 Å². The third kappa shape index (κ3) is 3.05. The van der Waals surface area contributed by atoms with Crippen LogP contribution in [0.2, 0.25) is 5.02 Å². The molecule has 0 radical (unpaired) electrons. The number of benzene rings is 2. The van der Waals surface area contributed by atoms with Gasteiger partial charge in [0.05, 0.1) is 4.47 Å². The molecule has 0 saturated carbocycles. The summed E-state index contributed by atoms with van der Waals surface area (Å²) in [5, 5.41) is 0.658. The SMILES string of the molecule is Cc1ccc(Oc2ccc(Cl)cc2CN)c(Br)c1. The molecule has 0 saturated heterocycles. The van der Waals surface area contributed by atoms with E-state index in [0.717, 1.165) is 21.5 Å². The number of hydrogen-bond acceptors (Lipinski definition) is 2. The zero-order valence-electron chi connectivity index (χ0n) is 9.91. The van der Waals surface area contributed by atoms with Crippen molar-refractivity contribution in [2.45, 2.75) is 13.5 Å². The van der Waals surface area contributed by atoms with Crippen molar-refractivity contribution in [2.24, 2.45) is 5.73 Å². The van der Waals surface area contributed by atoms with E-state index in [1.165, 1.54) is 5.56 Å². The lowest BCUT2D eigenvalue weighted by atomic mass is 10.2. The Kier molecular flexibility index (Phi) is 4.27. The molecule has 2 aromatic carbocycles. The van der Waals surface area contributed by atoms with Gasteiger partial charge in [-0.05, 0) is 58.7 Å². The Morgan fingerprint density at radius 1 is 1.17 bits per heavy atom. The summed E-state index contributed by atoms with van der Waals surface area (Å²) in [5.74, 6) is 1.49. The molecule has 0 fully saturated rings. The number of ether oxygens (including phenoxy) is 1. The van der Waals surface area contributed by atoms with Crippen molar-refractivity contribution in [1.29, 1.82) is 0 Å². The Hall–Kier alpha value is -1.03. The number of halogens is 2. The van der Waals surface area contributed by atoms with Gasteiger partial charge >= 0.3 is 0 Å². The summed E-state index contributed by atoms with van der Waals surface area (Å²) in [6.07, 6.45) is 0. The second-order valence-corrected chi connectivity index (χ2v) is 5.28. The summed E-state index contributed by atoms with van der Waals surface area (Å²) in [6.45, 7) is 2.42. The highest BCUT2D eigenvalue weighted by molar-refractivity contribution is 9.10. The number of rotatable bonds is 3. The van der Waals surface area contributed by atoms with Gasteiger partial charge in [0.1, 0.15) is 11.5 Å². The zero-order chi connectivity index (χ0) is 13.1. The highest BCUT2D eigenvalue weighted by atomic mass is 79.9. The molecule has 2 N–H and O–H groups in total. The molecule has 0 aliphatic heterocycles. The Balaban J connectivity index is 2.33. The first-order valence-corrected chi connectivity index (χ1v) is 6.70. The van der Waals surface area contributed by atoms with Gasteiger partial charge in [-0.1, -0.05) is 17.7 Å². The van der Waals surface area contributed by atoms with Crippen LogP contribution in [0.15, 0.2) is 40.9 Å². The molecular weight excluding hydrogens is 314 g/mol. The fraction of sp³-hybridized carbons (Fsp3) is 0.143. The number of aryl methyl sites for hydroxylation is 1. The van der Waals surface area contributed by atoms with Gasteiger partial charge in [0.2, 0.25) is 0 Å². The van der Waals surface area contributed by atoms with Crippen molar-refractivity contribution in [2.75, 3.05) is 0 Å². The molecule has 0 unspecified atom stereocenters. The molecule has 0 atom stereocenters. The minimum atomic E-state index is 0.388. The molecule has 2 aromatic rings. The summed E-state index contributed by atoms with van der Waals surface area (Å²) in [6, 6.07) is 11.4. The minimum absolute atomic E-state index is 0.388. The first kappa shape index (κ1) is 13.4. The molecule has 0 spiro atoms. The Labute approximate surface area is 120 Å². The van der Waals surface area contributed by atoms with Crippen LogP contribution in [0.3, 0.4) is 0 Å². The van der Waals surface area contributed by atoms with E-state index in [9.17, 15) is 0 Å². The van der Waals surface area contributed by atoms with Crippen LogP contribution in [0.25, 0.3) is 0 Å². The fourth-order valence-electron chi connectivity index (χ4n) is 1.61. The molecule has 2 rings (SSSR count). The van der Waals surface area contributed by atoms with Gasteiger partial charge in [0.25, 0.3) is 0 Å². The zero-order valence-corrected chi connectivity index (χ0v) is 12.3. The van der Waals surface area contributed by atoms with Crippen LogP contribution in [-0.4, -0.2) is 0 Å². The monoisotopic (exact) mass is 325 g/mol. The van der Waals surface area contributed by atoms with Crippen LogP contribution >= 0.6 is 27.5 Å². The molecule has 18 heavy (non-hydrogen) atoms. The summed E-state index contributed by atoms with van der Waals surface area (Å²) in [4.78, 5) is 0. The number of nitrogens with two attached hydrogens (primary N) is 1. The first-order chi connectivity index (χ1) is 8.60. The smallest absolute Gasteiger partial charge is 0.141 e. The summed E-state index contributed by atoms with van der Waals surface area (Å²) in [5.41, 5.74) is 7.74. The minimum Gasteiger partial charge on any atom is -0.456 e. The molecule has 0 aliphatic carbocycles. The van der Waals surface area contributed by atoms with Gasteiger partial charge in [-0.25, -0.2) is 0 Å². The van der Waals surface area contributed by atoms with E-state index in [-0.39, 0.29) is 0 Å². The Morgan fingerprint density at radius 2 is 1.89 bits per heavy atom. The van der Waals surface area contributed by atoms with Crippen molar-refractivity contribution in [3.8, 4) is 11.5 Å². The van der Waals surface area contributed by atoms with Crippen LogP contribution in [0.4, 0.5) is 0 Å². The lowest BCUT2D eigenvalue weighted by Crippen LogP contribution is -1.99. The molecule has 0 heterocycles. The van der Waals surface area contributed by atoms with Crippen LogP contribution in [0, 0.1) is 6.92 Å². The molecule has 0 aromatic heterocycles. The first-order valence-electron chi connectivity index (χ1n) is 5.52. The molecule has 4 heteroatoms. The van der Waals surface area contributed by atoms with Crippen LogP contribution in [0.1, 0.15) is 11.1 Å². The van der Waals surface area contributed by atoms with Crippen molar-refractivity contribution in [3.05, 3.63) is 57.0 Å². The van der Waals surface area contributed by atoms with Crippen molar-refractivity contribution < 1.29 is 4.74 Å². The van der Waals surface area contributed by atoms with Gasteiger partial charge in [0, 0.05) is 17.1 Å². The van der Waals surface area contributed by atoms with Gasteiger partial charge in [0.15, 0.2) is 0 Å². The van der Waals surface area contributed by atoms with Gasteiger partial charge in [-0.15, -0.1) is 0 Å². The Morgan fingerprint density at radius 3 is 2.56 bits per heavy atom. The van der Waals surface area contributed by atoms with Crippen LogP contribution in [-0.2, 0) is 6.54 Å². The maximum atomic E-state index is 5.93. The van der Waals surface area contributed by atoms with E-state index < -0.39 is 0 Å². The third-order valence-corrected chi connectivity index (χ3v) is 3.40. The molecule has 2 nitrogen and oxygen atoms in total. The van der Waals surface area contributed by atoms with Crippen molar-refractivity contribution >= 4 is 27.5 Å². The molecule has 94 valence electrons. The second-order valence-electron chi connectivity index (χ2n) is 3.99. The van der Waals surface area contributed by atoms with Crippen LogP contribution < -0.4 is 10.5 Å². The standard InChI is InChI=1S/C14H13BrClNO/c1-9-2-4-14(12(15)6-9)18-13-5-3-11(16)7-10(13)8-17/h2-7H,8,17H2,1H3. The van der Waals surface area contributed by atoms with Gasteiger partial charge in [-0.2, -0.15) is 0 Å². The average Bonchev–Trinajstić information content (AvgIpc) is 2.34. The maximum Gasteiger partial charge on any atom is 0.141 e. The van der Waals surface area contributed by atoms with E-state index in [0.29, 0.717) is 11.6 Å². The Bertz CT molecular complexity index is 572. The molecular formula is C14H13BrClNO.